The van der Waals surface area contributed by atoms with E-state index in [-0.39, 0.29) is 19.0 Å². The van der Waals surface area contributed by atoms with E-state index in [2.05, 4.69) is 0 Å². The molecule has 0 aromatic rings. The quantitative estimate of drug-likeness (QED) is 0.431. The molecule has 0 rings (SSSR count). The number of carbonyl (C=O) groups is 3. The van der Waals surface area contributed by atoms with Crippen molar-refractivity contribution in [1.82, 2.24) is 0 Å². The lowest BCUT2D eigenvalue weighted by atomic mass is 9.99. The van der Waals surface area contributed by atoms with Crippen LogP contribution in [0, 0.1) is 5.92 Å². The van der Waals surface area contributed by atoms with Crippen molar-refractivity contribution in [3.63, 3.8) is 0 Å². The second-order valence-corrected chi connectivity index (χ2v) is 4.59. The average Bonchev–Trinajstić information content (AvgIpc) is 2.41. The summed E-state index contributed by atoms with van der Waals surface area (Å²) < 4.78 is 9.74. The fourth-order valence-corrected chi connectivity index (χ4v) is 1.82. The summed E-state index contributed by atoms with van der Waals surface area (Å²) in [6, 6.07) is 0. The number of unbranched alkanes of at least 4 members (excludes halogenated alkanes) is 1. The molecule has 0 spiro atoms. The van der Waals surface area contributed by atoms with E-state index >= 15 is 0 Å². The minimum Gasteiger partial charge on any atom is -0.465 e. The van der Waals surface area contributed by atoms with Crippen molar-refractivity contribution in [1.29, 1.82) is 0 Å². The number of esters is 2. The summed E-state index contributed by atoms with van der Waals surface area (Å²) in [4.78, 5) is 34.9. The molecular formula is C15H26O5. The minimum absolute atomic E-state index is 0.179. The van der Waals surface area contributed by atoms with Crippen molar-refractivity contribution in [3.8, 4) is 0 Å². The molecular weight excluding hydrogens is 260 g/mol. The zero-order chi connectivity index (χ0) is 15.4. The fraction of sp³-hybridized carbons (Fsp3) is 0.800. The molecule has 5 nitrogen and oxygen atoms in total. The van der Waals surface area contributed by atoms with Crippen LogP contribution < -0.4 is 0 Å². The van der Waals surface area contributed by atoms with Crippen LogP contribution in [-0.4, -0.2) is 30.9 Å². The van der Waals surface area contributed by atoms with Gasteiger partial charge in [-0.05, 0) is 33.1 Å². The Morgan fingerprint density at radius 2 is 1.35 bits per heavy atom. The molecule has 0 heterocycles. The summed E-state index contributed by atoms with van der Waals surface area (Å²) in [5.41, 5.74) is 0. The zero-order valence-electron chi connectivity index (χ0n) is 12.8. The number of rotatable bonds is 11. The molecule has 0 atom stereocenters. The topological polar surface area (TPSA) is 69.7 Å². The van der Waals surface area contributed by atoms with Gasteiger partial charge in [-0.3, -0.25) is 14.4 Å². The Labute approximate surface area is 121 Å². The van der Waals surface area contributed by atoms with Gasteiger partial charge in [0.15, 0.2) is 5.92 Å². The first kappa shape index (κ1) is 18.6. The Bertz CT molecular complexity index is 293. The Kier molecular flexibility index (Phi) is 10.6. The second-order valence-electron chi connectivity index (χ2n) is 4.59. The predicted octanol–water partition coefficient (Wildman–Crippen LogP) is 2.66. The van der Waals surface area contributed by atoms with Crippen molar-refractivity contribution in [3.05, 3.63) is 0 Å². The smallest absolute Gasteiger partial charge is 0.320 e. The first-order chi connectivity index (χ1) is 9.56. The molecule has 0 aliphatic carbocycles. The number of ether oxygens (including phenoxy) is 2. The van der Waals surface area contributed by atoms with Gasteiger partial charge in [0.1, 0.15) is 5.78 Å². The second kappa shape index (κ2) is 11.4. The van der Waals surface area contributed by atoms with Crippen molar-refractivity contribution < 1.29 is 23.9 Å². The molecule has 0 aromatic carbocycles. The predicted molar refractivity (Wildman–Crippen MR) is 75.1 cm³/mol. The van der Waals surface area contributed by atoms with Gasteiger partial charge in [-0.25, -0.2) is 0 Å². The normalized spacial score (nSPS) is 10.4. The van der Waals surface area contributed by atoms with E-state index < -0.39 is 17.9 Å². The van der Waals surface area contributed by atoms with Crippen molar-refractivity contribution in [2.75, 3.05) is 13.2 Å². The molecule has 5 heteroatoms. The largest absolute Gasteiger partial charge is 0.465 e. The van der Waals surface area contributed by atoms with Gasteiger partial charge in [-0.15, -0.1) is 0 Å². The van der Waals surface area contributed by atoms with E-state index in [1.165, 1.54) is 0 Å². The van der Waals surface area contributed by atoms with Crippen LogP contribution in [0.15, 0.2) is 0 Å². The van der Waals surface area contributed by atoms with E-state index in [1.807, 2.05) is 6.92 Å². The third kappa shape index (κ3) is 7.92. The Morgan fingerprint density at radius 1 is 0.850 bits per heavy atom. The van der Waals surface area contributed by atoms with E-state index in [0.717, 1.165) is 12.8 Å². The molecule has 0 fully saturated rings. The van der Waals surface area contributed by atoms with Gasteiger partial charge in [0, 0.05) is 12.8 Å². The van der Waals surface area contributed by atoms with E-state index in [4.69, 9.17) is 9.47 Å². The van der Waals surface area contributed by atoms with Crippen molar-refractivity contribution >= 4 is 17.7 Å². The molecule has 0 radical (unpaired) electrons. The Morgan fingerprint density at radius 3 is 1.80 bits per heavy atom. The minimum atomic E-state index is -0.908. The molecule has 0 amide bonds. The Hall–Kier alpha value is -1.39. The highest BCUT2D eigenvalue weighted by Crippen LogP contribution is 2.14. The summed E-state index contributed by atoms with van der Waals surface area (Å²) in [6.07, 6.45) is 3.65. The van der Waals surface area contributed by atoms with Gasteiger partial charge in [-0.2, -0.15) is 0 Å². The monoisotopic (exact) mass is 286 g/mol. The maximum atomic E-state index is 11.7. The molecule has 116 valence electrons. The lowest BCUT2D eigenvalue weighted by Crippen LogP contribution is -2.28. The van der Waals surface area contributed by atoms with Gasteiger partial charge >= 0.3 is 11.9 Å². The fourth-order valence-electron chi connectivity index (χ4n) is 1.82. The van der Waals surface area contributed by atoms with E-state index in [9.17, 15) is 14.4 Å². The summed E-state index contributed by atoms with van der Waals surface area (Å²) in [5.74, 6) is -1.86. The lowest BCUT2D eigenvalue weighted by molar-refractivity contribution is -0.162. The summed E-state index contributed by atoms with van der Waals surface area (Å²) in [7, 11) is 0. The first-order valence-corrected chi connectivity index (χ1v) is 7.41. The SMILES string of the molecule is CCCCC(=O)CCCC(C(=O)OCC)C(=O)OCC. The van der Waals surface area contributed by atoms with Crippen LogP contribution in [0.25, 0.3) is 0 Å². The highest BCUT2D eigenvalue weighted by Gasteiger charge is 2.29. The third-order valence-corrected chi connectivity index (χ3v) is 2.90. The molecule has 0 unspecified atom stereocenters. The third-order valence-electron chi connectivity index (χ3n) is 2.90. The van der Waals surface area contributed by atoms with E-state index in [0.29, 0.717) is 25.7 Å². The average molecular weight is 286 g/mol. The highest BCUT2D eigenvalue weighted by molar-refractivity contribution is 5.94. The zero-order valence-corrected chi connectivity index (χ0v) is 12.8. The maximum Gasteiger partial charge on any atom is 0.320 e. The van der Waals surface area contributed by atoms with Gasteiger partial charge in [0.2, 0.25) is 0 Å². The summed E-state index contributed by atoms with van der Waals surface area (Å²) in [5, 5.41) is 0. The molecule has 0 aliphatic rings. The van der Waals surface area contributed by atoms with Crippen molar-refractivity contribution in [2.45, 2.75) is 59.3 Å². The highest BCUT2D eigenvalue weighted by atomic mass is 16.6. The molecule has 0 aromatic heterocycles. The standard InChI is InChI=1S/C15H26O5/c1-4-7-9-12(16)10-8-11-13(14(17)19-5-2)15(18)20-6-3/h13H,4-11H2,1-3H3. The van der Waals surface area contributed by atoms with Gasteiger partial charge in [0.05, 0.1) is 13.2 Å². The van der Waals surface area contributed by atoms with Crippen LogP contribution in [0.1, 0.15) is 59.3 Å². The van der Waals surface area contributed by atoms with Gasteiger partial charge in [-0.1, -0.05) is 13.3 Å². The van der Waals surface area contributed by atoms with Crippen LogP contribution in [0.4, 0.5) is 0 Å². The summed E-state index contributed by atoms with van der Waals surface area (Å²) in [6.45, 7) is 5.86. The Balaban J connectivity index is 4.25. The molecule has 0 aliphatic heterocycles. The van der Waals surface area contributed by atoms with Crippen LogP contribution in [0.5, 0.6) is 0 Å². The molecule has 0 saturated heterocycles. The lowest BCUT2D eigenvalue weighted by Gasteiger charge is -2.13. The van der Waals surface area contributed by atoms with Gasteiger partial charge < -0.3 is 9.47 Å². The van der Waals surface area contributed by atoms with Crippen LogP contribution in [0.3, 0.4) is 0 Å². The van der Waals surface area contributed by atoms with Crippen LogP contribution in [-0.2, 0) is 23.9 Å². The molecule has 0 N–H and O–H groups in total. The molecule has 0 bridgehead atoms. The number of ketones is 1. The molecule has 20 heavy (non-hydrogen) atoms. The number of Topliss-reactive ketones (excluding diaryl/α,β-unsaturated/α-hetero) is 1. The first-order valence-electron chi connectivity index (χ1n) is 7.41. The maximum absolute atomic E-state index is 11.7. The molecule has 0 saturated carbocycles. The van der Waals surface area contributed by atoms with Crippen LogP contribution in [0.2, 0.25) is 0 Å². The number of hydrogen-bond donors (Lipinski definition) is 0. The van der Waals surface area contributed by atoms with Gasteiger partial charge in [0.25, 0.3) is 0 Å². The summed E-state index contributed by atoms with van der Waals surface area (Å²) >= 11 is 0. The number of hydrogen-bond acceptors (Lipinski definition) is 5. The van der Waals surface area contributed by atoms with Crippen LogP contribution >= 0.6 is 0 Å². The van der Waals surface area contributed by atoms with E-state index in [1.54, 1.807) is 13.8 Å². The number of carbonyl (C=O) groups excluding carboxylic acids is 3. The van der Waals surface area contributed by atoms with Crippen molar-refractivity contribution in [2.24, 2.45) is 5.92 Å².